The monoisotopic (exact) mass is 304 g/mol. The summed E-state index contributed by atoms with van der Waals surface area (Å²) in [6, 6.07) is 0. The summed E-state index contributed by atoms with van der Waals surface area (Å²) in [6.45, 7) is 7.58. The number of hydrogen-bond donors (Lipinski definition) is 2. The first-order chi connectivity index (χ1) is 9.88. The Morgan fingerprint density at radius 1 is 0.905 bits per heavy atom. The molecule has 0 aromatic heterocycles. The van der Waals surface area contributed by atoms with Gasteiger partial charge in [-0.05, 0) is 27.7 Å². The third-order valence-corrected chi connectivity index (χ3v) is 2.37. The maximum absolute atomic E-state index is 11.6. The smallest absolute Gasteiger partial charge is 0.325 e. The Bertz CT molecular complexity index is 353. The first kappa shape index (κ1) is 19.3. The van der Waals surface area contributed by atoms with Crippen molar-refractivity contribution in [2.45, 2.75) is 33.5 Å². The predicted octanol–water partition coefficient (Wildman–Crippen LogP) is -0.429. The number of hydrogen-bond acceptors (Lipinski definition) is 6. The molecule has 0 aromatic carbocycles. The van der Waals surface area contributed by atoms with E-state index in [4.69, 9.17) is 9.47 Å². The van der Waals surface area contributed by atoms with Gasteiger partial charge in [-0.2, -0.15) is 0 Å². The summed E-state index contributed by atoms with van der Waals surface area (Å²) < 4.78 is 15.4. The van der Waals surface area contributed by atoms with Crippen LogP contribution in [0.4, 0.5) is 0 Å². The molecule has 0 aliphatic carbocycles. The van der Waals surface area contributed by atoms with Gasteiger partial charge in [-0.1, -0.05) is 0 Å². The molecule has 0 fully saturated rings. The second-order valence-corrected chi connectivity index (χ2v) is 4.17. The Labute approximate surface area is 124 Å². The molecule has 8 nitrogen and oxygen atoms in total. The lowest BCUT2D eigenvalue weighted by molar-refractivity contribution is -0.217. The zero-order valence-electron chi connectivity index (χ0n) is 13.0. The summed E-state index contributed by atoms with van der Waals surface area (Å²) >= 11 is 0. The summed E-state index contributed by atoms with van der Waals surface area (Å²) in [5.41, 5.74) is 0. The molecule has 0 rings (SSSR count). The largest absolute Gasteiger partial charge is 0.465 e. The molecule has 0 saturated carbocycles. The van der Waals surface area contributed by atoms with Crippen LogP contribution in [0.2, 0.25) is 0 Å². The van der Waals surface area contributed by atoms with Crippen molar-refractivity contribution >= 4 is 17.8 Å². The minimum absolute atomic E-state index is 0.0142. The fraction of sp³-hybridized carbons (Fsp3) is 0.769. The number of esters is 1. The van der Waals surface area contributed by atoms with Gasteiger partial charge in [0, 0.05) is 13.2 Å². The van der Waals surface area contributed by atoms with Crippen LogP contribution in [0, 0.1) is 0 Å². The lowest BCUT2D eigenvalue weighted by Crippen LogP contribution is -2.49. The molecule has 122 valence electrons. The van der Waals surface area contributed by atoms with Crippen molar-refractivity contribution in [2.75, 3.05) is 32.9 Å². The van der Waals surface area contributed by atoms with Gasteiger partial charge in [0.05, 0.1) is 13.2 Å². The highest BCUT2D eigenvalue weighted by atomic mass is 16.7. The second kappa shape index (κ2) is 10.1. The molecule has 0 aliphatic rings. The molecule has 0 saturated heterocycles. The number of rotatable bonds is 9. The summed E-state index contributed by atoms with van der Waals surface area (Å²) in [5, 5.41) is 4.56. The van der Waals surface area contributed by atoms with E-state index in [0.29, 0.717) is 13.2 Å². The van der Waals surface area contributed by atoms with Crippen LogP contribution >= 0.6 is 0 Å². The minimum atomic E-state index is -0.999. The molecular formula is C13H24N2O6. The fourth-order valence-electron chi connectivity index (χ4n) is 1.52. The van der Waals surface area contributed by atoms with Gasteiger partial charge < -0.3 is 24.8 Å². The van der Waals surface area contributed by atoms with E-state index in [2.05, 4.69) is 15.4 Å². The van der Waals surface area contributed by atoms with E-state index in [1.54, 1.807) is 27.7 Å². The van der Waals surface area contributed by atoms with Gasteiger partial charge in [0.1, 0.15) is 6.54 Å². The zero-order valence-corrected chi connectivity index (χ0v) is 13.0. The van der Waals surface area contributed by atoms with Gasteiger partial charge in [-0.25, -0.2) is 0 Å². The molecule has 21 heavy (non-hydrogen) atoms. The van der Waals surface area contributed by atoms with Crippen molar-refractivity contribution in [1.82, 2.24) is 10.6 Å². The quantitative estimate of drug-likeness (QED) is 0.340. The summed E-state index contributed by atoms with van der Waals surface area (Å²) in [5.74, 6) is -3.39. The minimum Gasteiger partial charge on any atom is -0.465 e. The number of ether oxygens (including phenoxy) is 3. The number of nitrogens with one attached hydrogen (secondary N) is 2. The van der Waals surface area contributed by atoms with Crippen molar-refractivity contribution in [3.63, 3.8) is 0 Å². The number of amides is 2. The van der Waals surface area contributed by atoms with Crippen molar-refractivity contribution in [1.29, 1.82) is 0 Å². The molecule has 2 amide bonds. The third-order valence-electron chi connectivity index (χ3n) is 2.37. The molecule has 0 unspecified atom stereocenters. The summed E-state index contributed by atoms with van der Waals surface area (Å²) in [7, 11) is 0. The Balaban J connectivity index is 4.22. The Hall–Kier alpha value is -1.67. The van der Waals surface area contributed by atoms with E-state index in [-0.39, 0.29) is 19.7 Å². The normalized spacial score (nSPS) is 10.9. The Morgan fingerprint density at radius 3 is 1.90 bits per heavy atom. The van der Waals surface area contributed by atoms with E-state index >= 15 is 0 Å². The molecule has 0 spiro atoms. The van der Waals surface area contributed by atoms with Crippen molar-refractivity contribution in [3.05, 3.63) is 0 Å². The molecule has 0 bridgehead atoms. The summed E-state index contributed by atoms with van der Waals surface area (Å²) in [6.07, 6.45) is 0. The molecule has 0 radical (unpaired) electrons. The van der Waals surface area contributed by atoms with Gasteiger partial charge in [0.2, 0.25) is 0 Å². The molecule has 0 aromatic rings. The molecule has 8 heteroatoms. The van der Waals surface area contributed by atoms with Crippen molar-refractivity contribution < 1.29 is 28.6 Å². The van der Waals surface area contributed by atoms with Crippen LogP contribution in [0.25, 0.3) is 0 Å². The highest BCUT2D eigenvalue weighted by Crippen LogP contribution is 2.10. The van der Waals surface area contributed by atoms with Gasteiger partial charge in [0.15, 0.2) is 5.79 Å². The van der Waals surface area contributed by atoms with Gasteiger partial charge in [0.25, 0.3) is 0 Å². The van der Waals surface area contributed by atoms with E-state index in [1.807, 2.05) is 0 Å². The van der Waals surface area contributed by atoms with Gasteiger partial charge >= 0.3 is 17.8 Å². The van der Waals surface area contributed by atoms with Gasteiger partial charge in [-0.15, -0.1) is 0 Å². The first-order valence-electron chi connectivity index (χ1n) is 6.88. The van der Waals surface area contributed by atoms with E-state index in [9.17, 15) is 14.4 Å². The number of carbonyl (C=O) groups is 3. The highest BCUT2D eigenvalue weighted by molar-refractivity contribution is 6.35. The van der Waals surface area contributed by atoms with E-state index in [0.717, 1.165) is 0 Å². The first-order valence-corrected chi connectivity index (χ1v) is 6.88. The standard InChI is InChI=1S/C13H24N2O6/c1-5-19-10(16)8-14-11(17)12(18)15-9-13(4,20-6-2)21-7-3/h5-9H2,1-4H3,(H,14,17)(H,15,18). The van der Waals surface area contributed by atoms with Crippen molar-refractivity contribution in [2.24, 2.45) is 0 Å². The average molecular weight is 304 g/mol. The van der Waals surface area contributed by atoms with E-state index in [1.165, 1.54) is 0 Å². The van der Waals surface area contributed by atoms with Crippen LogP contribution in [0.3, 0.4) is 0 Å². The van der Waals surface area contributed by atoms with Crippen LogP contribution in [-0.4, -0.2) is 56.5 Å². The maximum Gasteiger partial charge on any atom is 0.325 e. The van der Waals surface area contributed by atoms with E-state index < -0.39 is 23.6 Å². The number of carbonyl (C=O) groups excluding carboxylic acids is 3. The third kappa shape index (κ3) is 8.26. The van der Waals surface area contributed by atoms with Crippen LogP contribution in [0.1, 0.15) is 27.7 Å². The molecular weight excluding hydrogens is 280 g/mol. The van der Waals surface area contributed by atoms with Crippen LogP contribution in [0.15, 0.2) is 0 Å². The Morgan fingerprint density at radius 2 is 1.43 bits per heavy atom. The summed E-state index contributed by atoms with van der Waals surface area (Å²) in [4.78, 5) is 34.1. The lowest BCUT2D eigenvalue weighted by Gasteiger charge is -2.29. The topological polar surface area (TPSA) is 103 Å². The Kier molecular flexibility index (Phi) is 9.31. The average Bonchev–Trinajstić information content (AvgIpc) is 2.43. The molecule has 0 aliphatic heterocycles. The zero-order chi connectivity index (χ0) is 16.3. The highest BCUT2D eigenvalue weighted by Gasteiger charge is 2.27. The molecule has 0 atom stereocenters. The molecule has 2 N–H and O–H groups in total. The second-order valence-electron chi connectivity index (χ2n) is 4.17. The van der Waals surface area contributed by atoms with Gasteiger partial charge in [-0.3, -0.25) is 14.4 Å². The lowest BCUT2D eigenvalue weighted by atomic mass is 10.3. The molecule has 0 heterocycles. The van der Waals surface area contributed by atoms with Crippen molar-refractivity contribution in [3.8, 4) is 0 Å². The maximum atomic E-state index is 11.6. The van der Waals surface area contributed by atoms with Crippen LogP contribution < -0.4 is 10.6 Å². The predicted molar refractivity (Wildman–Crippen MR) is 74.3 cm³/mol. The SMILES string of the molecule is CCOC(=O)CNC(=O)C(=O)NCC(C)(OCC)OCC. The van der Waals surface area contributed by atoms with Crippen LogP contribution in [-0.2, 0) is 28.6 Å². The van der Waals surface area contributed by atoms with Crippen LogP contribution in [0.5, 0.6) is 0 Å². The fourth-order valence-corrected chi connectivity index (χ4v) is 1.52.